The van der Waals surface area contributed by atoms with Crippen LogP contribution < -0.4 is 10.6 Å². The van der Waals surface area contributed by atoms with E-state index in [2.05, 4.69) is 21.7 Å². The minimum atomic E-state index is -4.50. The molecule has 1 aliphatic rings. The first-order valence-corrected chi connectivity index (χ1v) is 8.08. The number of benzene rings is 1. The zero-order chi connectivity index (χ0) is 17.9. The van der Waals surface area contributed by atoms with Gasteiger partial charge in [-0.25, -0.2) is 4.79 Å². The van der Waals surface area contributed by atoms with Gasteiger partial charge < -0.3 is 10.6 Å². The molecule has 1 aromatic carbocycles. The van der Waals surface area contributed by atoms with E-state index in [9.17, 15) is 18.0 Å². The molecule has 0 saturated carbocycles. The number of urea groups is 1. The van der Waals surface area contributed by atoms with Crippen molar-refractivity contribution < 1.29 is 18.0 Å². The van der Waals surface area contributed by atoms with Crippen LogP contribution in [0.1, 0.15) is 41.3 Å². The number of aromatic nitrogens is 1. The number of nitrogens with one attached hydrogen (secondary N) is 2. The normalized spacial score (nSPS) is 16.8. The summed E-state index contributed by atoms with van der Waals surface area (Å²) in [7, 11) is 0. The molecular weight excluding hydrogens is 331 g/mol. The lowest BCUT2D eigenvalue weighted by Crippen LogP contribution is -2.38. The van der Waals surface area contributed by atoms with Gasteiger partial charge in [-0.15, -0.1) is 0 Å². The van der Waals surface area contributed by atoms with Gasteiger partial charge in [-0.1, -0.05) is 24.3 Å². The van der Waals surface area contributed by atoms with Crippen LogP contribution in [0, 0.1) is 0 Å². The summed E-state index contributed by atoms with van der Waals surface area (Å²) in [6.45, 7) is 0.00575. The van der Waals surface area contributed by atoms with Crippen LogP contribution >= 0.6 is 0 Å². The Morgan fingerprint density at radius 3 is 2.84 bits per heavy atom. The quantitative estimate of drug-likeness (QED) is 0.881. The molecule has 2 N–H and O–H groups in total. The van der Waals surface area contributed by atoms with Crippen LogP contribution in [0.5, 0.6) is 0 Å². The van der Waals surface area contributed by atoms with E-state index < -0.39 is 17.9 Å². The summed E-state index contributed by atoms with van der Waals surface area (Å²) >= 11 is 0. The van der Waals surface area contributed by atoms with Crippen molar-refractivity contribution in [3.05, 3.63) is 65.0 Å². The van der Waals surface area contributed by atoms with Crippen molar-refractivity contribution >= 4 is 6.03 Å². The zero-order valence-corrected chi connectivity index (χ0v) is 13.4. The van der Waals surface area contributed by atoms with Gasteiger partial charge in [0, 0.05) is 12.7 Å². The van der Waals surface area contributed by atoms with E-state index in [-0.39, 0.29) is 12.6 Å². The minimum Gasteiger partial charge on any atom is -0.334 e. The Hall–Kier alpha value is -2.57. The molecule has 0 saturated heterocycles. The Morgan fingerprint density at radius 2 is 2.04 bits per heavy atom. The number of pyridine rings is 1. The number of carbonyl (C=O) groups excluding carboxylic acids is 1. The molecule has 7 heteroatoms. The van der Waals surface area contributed by atoms with Gasteiger partial charge in [-0.05, 0) is 48.1 Å². The highest BCUT2D eigenvalue weighted by atomic mass is 19.4. The predicted molar refractivity (Wildman–Crippen MR) is 86.7 cm³/mol. The fourth-order valence-corrected chi connectivity index (χ4v) is 3.03. The third-order valence-electron chi connectivity index (χ3n) is 4.24. The van der Waals surface area contributed by atoms with E-state index >= 15 is 0 Å². The van der Waals surface area contributed by atoms with Crippen molar-refractivity contribution in [1.29, 1.82) is 0 Å². The third-order valence-corrected chi connectivity index (χ3v) is 4.24. The molecule has 2 amide bonds. The maximum Gasteiger partial charge on any atom is 0.433 e. The molecule has 0 radical (unpaired) electrons. The first-order chi connectivity index (χ1) is 11.9. The van der Waals surface area contributed by atoms with Crippen molar-refractivity contribution in [2.45, 2.75) is 38.0 Å². The molecule has 25 heavy (non-hydrogen) atoms. The van der Waals surface area contributed by atoms with E-state index in [4.69, 9.17) is 0 Å². The van der Waals surface area contributed by atoms with E-state index in [1.165, 1.54) is 11.6 Å². The van der Waals surface area contributed by atoms with Crippen molar-refractivity contribution in [1.82, 2.24) is 15.6 Å². The number of amides is 2. The molecule has 0 spiro atoms. The van der Waals surface area contributed by atoms with E-state index in [0.29, 0.717) is 5.56 Å². The number of nitrogens with zero attached hydrogens (tertiary/aromatic N) is 1. The number of rotatable bonds is 3. The number of fused-ring (bicyclic) bond motifs is 1. The lowest BCUT2D eigenvalue weighted by atomic mass is 9.88. The summed E-state index contributed by atoms with van der Waals surface area (Å²) < 4.78 is 38.0. The standard InChI is InChI=1S/C18H18F3N3O/c19-18(20,21)16-10-12(8-9-22-16)11-23-17(25)24-15-7-3-5-13-4-1-2-6-14(13)15/h1-2,4,6,8-10,15H,3,5,7,11H2,(H2,23,24,25)/t15-/m1/s1. The fourth-order valence-electron chi connectivity index (χ4n) is 3.03. The van der Waals surface area contributed by atoms with Crippen LogP contribution in [-0.2, 0) is 19.1 Å². The van der Waals surface area contributed by atoms with E-state index in [0.717, 1.165) is 37.1 Å². The van der Waals surface area contributed by atoms with Gasteiger partial charge in [0.2, 0.25) is 0 Å². The zero-order valence-electron chi connectivity index (χ0n) is 13.4. The maximum absolute atomic E-state index is 12.7. The van der Waals surface area contributed by atoms with Gasteiger partial charge in [-0.3, -0.25) is 4.98 Å². The van der Waals surface area contributed by atoms with Crippen LogP contribution in [-0.4, -0.2) is 11.0 Å². The second kappa shape index (κ2) is 7.13. The predicted octanol–water partition coefficient (Wildman–Crippen LogP) is 3.98. The monoisotopic (exact) mass is 349 g/mol. The molecule has 4 nitrogen and oxygen atoms in total. The van der Waals surface area contributed by atoms with Gasteiger partial charge >= 0.3 is 12.2 Å². The maximum atomic E-state index is 12.7. The largest absolute Gasteiger partial charge is 0.433 e. The molecule has 0 bridgehead atoms. The Labute approximate surface area is 143 Å². The van der Waals surface area contributed by atoms with Gasteiger partial charge in [0.25, 0.3) is 0 Å². The van der Waals surface area contributed by atoms with Crippen LogP contribution in [0.4, 0.5) is 18.0 Å². The second-order valence-electron chi connectivity index (χ2n) is 6.02. The average molecular weight is 349 g/mol. The van der Waals surface area contributed by atoms with Crippen LogP contribution in [0.2, 0.25) is 0 Å². The highest BCUT2D eigenvalue weighted by molar-refractivity contribution is 5.74. The Kier molecular flexibility index (Phi) is 4.92. The molecule has 2 aromatic rings. The van der Waals surface area contributed by atoms with Crippen molar-refractivity contribution in [3.63, 3.8) is 0 Å². The summed E-state index contributed by atoms with van der Waals surface area (Å²) in [5, 5.41) is 5.51. The molecule has 0 aliphatic heterocycles. The number of hydrogen-bond acceptors (Lipinski definition) is 2. The molecule has 1 aliphatic carbocycles. The topological polar surface area (TPSA) is 54.0 Å². The fraction of sp³-hybridized carbons (Fsp3) is 0.333. The minimum absolute atomic E-state index is 0.00575. The second-order valence-corrected chi connectivity index (χ2v) is 6.02. The van der Waals surface area contributed by atoms with Crippen molar-refractivity contribution in [3.8, 4) is 0 Å². The molecular formula is C18H18F3N3O. The average Bonchev–Trinajstić information content (AvgIpc) is 2.60. The van der Waals surface area contributed by atoms with E-state index in [1.807, 2.05) is 18.2 Å². The lowest BCUT2D eigenvalue weighted by molar-refractivity contribution is -0.141. The Balaban J connectivity index is 1.59. The first-order valence-electron chi connectivity index (χ1n) is 8.08. The summed E-state index contributed by atoms with van der Waals surface area (Å²) in [6.07, 6.45) is -0.578. The number of alkyl halides is 3. The molecule has 1 atom stereocenters. The first kappa shape index (κ1) is 17.3. The number of hydrogen-bond donors (Lipinski definition) is 2. The van der Waals surface area contributed by atoms with Gasteiger partial charge in [0.05, 0.1) is 6.04 Å². The third kappa shape index (κ3) is 4.29. The number of halogens is 3. The van der Waals surface area contributed by atoms with Crippen LogP contribution in [0.25, 0.3) is 0 Å². The van der Waals surface area contributed by atoms with Crippen molar-refractivity contribution in [2.24, 2.45) is 0 Å². The Bertz CT molecular complexity index is 761. The van der Waals surface area contributed by atoms with Crippen molar-refractivity contribution in [2.75, 3.05) is 0 Å². The van der Waals surface area contributed by atoms with E-state index in [1.54, 1.807) is 0 Å². The SMILES string of the molecule is O=C(NCc1ccnc(C(F)(F)F)c1)N[C@@H]1CCCc2ccccc21. The molecule has 3 rings (SSSR count). The summed E-state index contributed by atoms with van der Waals surface area (Å²) in [5.41, 5.74) is 1.71. The van der Waals surface area contributed by atoms with Crippen LogP contribution in [0.15, 0.2) is 42.6 Å². The molecule has 132 valence electrons. The van der Waals surface area contributed by atoms with Gasteiger partial charge in [-0.2, -0.15) is 13.2 Å². The van der Waals surface area contributed by atoms with Gasteiger partial charge in [0.15, 0.2) is 0 Å². The van der Waals surface area contributed by atoms with Gasteiger partial charge in [0.1, 0.15) is 5.69 Å². The number of carbonyl (C=O) groups is 1. The lowest BCUT2D eigenvalue weighted by Gasteiger charge is -2.26. The molecule has 0 fully saturated rings. The summed E-state index contributed by atoms with van der Waals surface area (Å²) in [5.74, 6) is 0. The molecule has 1 aromatic heterocycles. The highest BCUT2D eigenvalue weighted by Gasteiger charge is 2.32. The smallest absolute Gasteiger partial charge is 0.334 e. The summed E-state index contributed by atoms with van der Waals surface area (Å²) in [4.78, 5) is 15.4. The molecule has 1 heterocycles. The Morgan fingerprint density at radius 1 is 1.24 bits per heavy atom. The molecule has 0 unspecified atom stereocenters. The number of aryl methyl sites for hydroxylation is 1. The summed E-state index contributed by atoms with van der Waals surface area (Å²) in [6, 6.07) is 9.88. The highest BCUT2D eigenvalue weighted by Crippen LogP contribution is 2.29. The van der Waals surface area contributed by atoms with Crippen LogP contribution in [0.3, 0.4) is 0 Å².